The van der Waals surface area contributed by atoms with Gasteiger partial charge in [-0.15, -0.1) is 0 Å². The molecule has 0 aliphatic carbocycles. The van der Waals surface area contributed by atoms with Crippen LogP contribution in [0.3, 0.4) is 0 Å². The first-order chi connectivity index (χ1) is 16.5. The average molecular weight is 575 g/mol. The molecule has 36 heavy (non-hydrogen) atoms. The molecule has 22 heteroatoms. The van der Waals surface area contributed by atoms with Gasteiger partial charge in [0.15, 0.2) is 6.23 Å². The Morgan fingerprint density at radius 1 is 1.19 bits per heavy atom. The summed E-state index contributed by atoms with van der Waals surface area (Å²) in [5.74, 6) is -0.0745. The number of aliphatic hydroxyl groups is 2. The molecule has 2 aromatic heterocycles. The fraction of sp³-hybridized carbons (Fsp3) is 0.500. The maximum Gasteiger partial charge on any atom is 0.490 e. The molecular weight excluding hydrogens is 555 g/mol. The van der Waals surface area contributed by atoms with Gasteiger partial charge in [0.05, 0.1) is 24.2 Å². The van der Waals surface area contributed by atoms with Crippen LogP contribution in [0.1, 0.15) is 13.2 Å². The zero-order valence-corrected chi connectivity index (χ0v) is 20.6. The molecule has 2 aromatic rings. The van der Waals surface area contributed by atoms with E-state index in [1.165, 1.54) is 24.0 Å². The summed E-state index contributed by atoms with van der Waals surface area (Å²) >= 11 is 0. The maximum atomic E-state index is 12.0. The van der Waals surface area contributed by atoms with Crippen molar-refractivity contribution < 1.29 is 66.2 Å². The fourth-order valence-electron chi connectivity index (χ4n) is 3.70. The van der Waals surface area contributed by atoms with Crippen LogP contribution >= 0.6 is 23.5 Å². The van der Waals surface area contributed by atoms with Crippen molar-refractivity contribution in [2.75, 3.05) is 23.8 Å². The van der Waals surface area contributed by atoms with E-state index in [1.54, 1.807) is 0 Å². The molecule has 0 spiro atoms. The van der Waals surface area contributed by atoms with Gasteiger partial charge in [-0.2, -0.15) is 8.62 Å². The van der Waals surface area contributed by atoms with Crippen LogP contribution in [-0.4, -0.2) is 81.2 Å². The molecule has 0 bridgehead atoms. The van der Waals surface area contributed by atoms with E-state index in [9.17, 15) is 38.5 Å². The molecular formula is C14H20N5O14P3. The minimum absolute atomic E-state index is 0.0557. The molecule has 0 radical (unpaired) electrons. The molecule has 0 aromatic carbocycles. The fourth-order valence-corrected chi connectivity index (χ4v) is 6.73. The maximum absolute atomic E-state index is 12.0. The molecule has 1 amide bonds. The number of nitrogens with zero attached hydrogens (tertiary/aromatic N) is 3. The highest BCUT2D eigenvalue weighted by Crippen LogP contribution is 2.66. The molecule has 2 aliphatic rings. The Balaban J connectivity index is 1.55. The summed E-state index contributed by atoms with van der Waals surface area (Å²) in [7, 11) is -16.8. The topological polar surface area (TPSA) is 281 Å². The number of phosphoric acid groups is 3. The third-order valence-electron chi connectivity index (χ3n) is 5.12. The Bertz CT molecular complexity index is 1340. The summed E-state index contributed by atoms with van der Waals surface area (Å²) in [4.78, 5) is 56.2. The van der Waals surface area contributed by atoms with Crippen molar-refractivity contribution in [3.8, 4) is 0 Å². The van der Waals surface area contributed by atoms with Crippen molar-refractivity contribution in [2.24, 2.45) is 0 Å². The van der Waals surface area contributed by atoms with Crippen molar-refractivity contribution in [1.82, 2.24) is 14.5 Å². The molecule has 0 saturated carbocycles. The highest BCUT2D eigenvalue weighted by molar-refractivity contribution is 7.66. The number of amides is 1. The highest BCUT2D eigenvalue weighted by atomic mass is 31.3. The quantitative estimate of drug-likeness (QED) is 0.178. The summed E-state index contributed by atoms with van der Waals surface area (Å²) in [5.41, 5.74) is -1.60. The number of phosphoric ester groups is 1. The largest absolute Gasteiger partial charge is 0.490 e. The van der Waals surface area contributed by atoms with Gasteiger partial charge in [0.1, 0.15) is 35.6 Å². The van der Waals surface area contributed by atoms with Crippen LogP contribution in [-0.2, 0) is 36.4 Å². The van der Waals surface area contributed by atoms with Gasteiger partial charge in [-0.1, -0.05) is 0 Å². The molecule has 200 valence electrons. The number of aromatic nitrogens is 3. The second-order valence-corrected chi connectivity index (χ2v) is 12.3. The first-order valence-electron chi connectivity index (χ1n) is 9.72. The minimum Gasteiger partial charge on any atom is -0.387 e. The predicted octanol–water partition coefficient (Wildman–Crippen LogP) is -0.852. The van der Waals surface area contributed by atoms with Gasteiger partial charge < -0.3 is 49.7 Å². The van der Waals surface area contributed by atoms with Gasteiger partial charge in [-0.05, 0) is 6.92 Å². The van der Waals surface area contributed by atoms with Gasteiger partial charge >= 0.3 is 23.5 Å². The van der Waals surface area contributed by atoms with Crippen molar-refractivity contribution in [2.45, 2.75) is 31.0 Å². The number of aliphatic hydroxyl groups excluding tert-OH is 1. The molecule has 4 rings (SSSR count). The SMILES string of the molecule is C[C@@]1(O)[C@H](O)[C@@H](COP(=O)(O)OP(=O)(O)OP(=O)(O)O)O[C@H]1n1cc2c3c(ncnc31)NCC(=O)N2. The molecule has 1 fully saturated rings. The summed E-state index contributed by atoms with van der Waals surface area (Å²) in [6, 6.07) is 0. The number of carbonyl (C=O) groups is 1. The van der Waals surface area contributed by atoms with E-state index in [2.05, 4.69) is 33.7 Å². The smallest absolute Gasteiger partial charge is 0.387 e. The van der Waals surface area contributed by atoms with E-state index in [0.29, 0.717) is 11.2 Å². The van der Waals surface area contributed by atoms with Gasteiger partial charge in [0.25, 0.3) is 0 Å². The molecule has 19 nitrogen and oxygen atoms in total. The Labute approximate surface area is 200 Å². The average Bonchev–Trinajstić information content (AvgIpc) is 3.10. The summed E-state index contributed by atoms with van der Waals surface area (Å²) < 4.78 is 52.9. The van der Waals surface area contributed by atoms with Crippen LogP contribution < -0.4 is 10.6 Å². The Morgan fingerprint density at radius 3 is 2.56 bits per heavy atom. The normalized spacial score (nSPS) is 29.8. The Hall–Kier alpha value is -1.82. The third kappa shape index (κ3) is 5.54. The lowest BCUT2D eigenvalue weighted by Crippen LogP contribution is -2.44. The highest BCUT2D eigenvalue weighted by Gasteiger charge is 2.54. The number of carbonyl (C=O) groups excluding carboxylic acids is 1. The van der Waals surface area contributed by atoms with Crippen LogP contribution in [0.15, 0.2) is 12.5 Å². The number of rotatable bonds is 8. The zero-order valence-electron chi connectivity index (χ0n) is 17.9. The Kier molecular flexibility index (Phi) is 6.94. The zero-order chi connectivity index (χ0) is 26.7. The predicted molar refractivity (Wildman–Crippen MR) is 115 cm³/mol. The summed E-state index contributed by atoms with van der Waals surface area (Å²) in [6.07, 6.45) is -2.12. The second kappa shape index (κ2) is 9.18. The molecule has 6 atom stereocenters. The Morgan fingerprint density at radius 2 is 1.89 bits per heavy atom. The van der Waals surface area contributed by atoms with Crippen molar-refractivity contribution in [3.05, 3.63) is 12.5 Å². The van der Waals surface area contributed by atoms with Crippen molar-refractivity contribution in [3.63, 3.8) is 0 Å². The molecule has 4 heterocycles. The molecule has 2 unspecified atom stereocenters. The molecule has 1 saturated heterocycles. The summed E-state index contributed by atoms with van der Waals surface area (Å²) in [6.45, 7) is 0.130. The lowest BCUT2D eigenvalue weighted by molar-refractivity contribution is -0.114. The van der Waals surface area contributed by atoms with E-state index < -0.39 is 54.1 Å². The van der Waals surface area contributed by atoms with Crippen molar-refractivity contribution >= 4 is 51.9 Å². The summed E-state index contributed by atoms with van der Waals surface area (Å²) in [5, 5.41) is 27.4. The van der Waals surface area contributed by atoms with E-state index in [-0.39, 0.29) is 23.8 Å². The van der Waals surface area contributed by atoms with Gasteiger partial charge in [-0.25, -0.2) is 23.7 Å². The number of hydrogen-bond donors (Lipinski definition) is 8. The second-order valence-electron chi connectivity index (χ2n) is 7.86. The van der Waals surface area contributed by atoms with Gasteiger partial charge in [-0.3, -0.25) is 9.32 Å². The third-order valence-corrected chi connectivity index (χ3v) is 8.93. The number of anilines is 2. The van der Waals surface area contributed by atoms with E-state index >= 15 is 0 Å². The minimum atomic E-state index is -5.75. The van der Waals surface area contributed by atoms with E-state index in [4.69, 9.17) is 14.5 Å². The van der Waals surface area contributed by atoms with Crippen LogP contribution in [0.2, 0.25) is 0 Å². The first kappa shape index (κ1) is 27.2. The number of ether oxygens (including phenoxy) is 1. The van der Waals surface area contributed by atoms with Crippen LogP contribution in [0.25, 0.3) is 11.0 Å². The molecule has 8 N–H and O–H groups in total. The number of nitrogens with one attached hydrogen (secondary N) is 2. The van der Waals surface area contributed by atoms with Crippen LogP contribution in [0, 0.1) is 0 Å². The first-order valence-corrected chi connectivity index (χ1v) is 14.2. The van der Waals surface area contributed by atoms with Crippen LogP contribution in [0.5, 0.6) is 0 Å². The van der Waals surface area contributed by atoms with Crippen molar-refractivity contribution in [1.29, 1.82) is 0 Å². The lowest BCUT2D eigenvalue weighted by Gasteiger charge is -2.27. The lowest BCUT2D eigenvalue weighted by atomic mass is 9.96. The molecule has 2 aliphatic heterocycles. The monoisotopic (exact) mass is 575 g/mol. The van der Waals surface area contributed by atoms with Crippen LogP contribution in [0.4, 0.5) is 11.5 Å². The van der Waals surface area contributed by atoms with E-state index in [0.717, 1.165) is 0 Å². The van der Waals surface area contributed by atoms with Gasteiger partial charge in [0.2, 0.25) is 5.91 Å². The standard InChI is InChI=1S/C14H20N5O14P3/c1-14(22)10(21)7(4-30-35(26,27)33-36(28,29)32-34(23,24)25)31-13(14)19-3-6-9-11(15-2-8(20)18-6)16-5-17-12(9)19/h3,5,7,10,13,21-22H,2,4H2,1H3,(H,18,20)(H,26,27)(H,28,29)(H,15,16,17)(H2,23,24,25)/t7-,10-,13-,14-/m1/s1. The van der Waals surface area contributed by atoms with E-state index in [1.807, 2.05) is 0 Å². The van der Waals surface area contributed by atoms with Gasteiger partial charge in [0, 0.05) is 6.20 Å². The number of hydrogen-bond acceptors (Lipinski definition) is 13.